The Balaban J connectivity index is 1.97. The van der Waals surface area contributed by atoms with Gasteiger partial charge in [-0.15, -0.1) is 0 Å². The van der Waals surface area contributed by atoms with Crippen molar-refractivity contribution >= 4 is 38.5 Å². The van der Waals surface area contributed by atoms with Crippen molar-refractivity contribution in [3.8, 4) is 11.5 Å². The van der Waals surface area contributed by atoms with Crippen molar-refractivity contribution in [2.24, 2.45) is 0 Å². The van der Waals surface area contributed by atoms with E-state index in [-0.39, 0.29) is 11.7 Å². The number of halogens is 1. The molecular formula is C18H16BrNO4. The van der Waals surface area contributed by atoms with Crippen LogP contribution in [0.4, 0.5) is 5.69 Å². The van der Waals surface area contributed by atoms with E-state index in [2.05, 4.69) is 21.2 Å². The Labute approximate surface area is 147 Å². The maximum atomic E-state index is 12.6. The number of hydrogen-bond donors (Lipinski definition) is 1. The minimum Gasteiger partial charge on any atom is -0.497 e. The maximum absolute atomic E-state index is 12.6. The second-order valence-electron chi connectivity index (χ2n) is 5.22. The first-order valence-corrected chi connectivity index (χ1v) is 8.05. The Morgan fingerprint density at radius 3 is 2.62 bits per heavy atom. The molecule has 0 aliphatic heterocycles. The molecule has 124 valence electrons. The molecule has 3 aromatic rings. The van der Waals surface area contributed by atoms with Crippen LogP contribution in [0, 0.1) is 6.92 Å². The average molecular weight is 390 g/mol. The van der Waals surface area contributed by atoms with Crippen LogP contribution in [0.2, 0.25) is 0 Å². The summed E-state index contributed by atoms with van der Waals surface area (Å²) in [6.45, 7) is 1.86. The monoisotopic (exact) mass is 389 g/mol. The molecule has 0 aliphatic rings. The number of ether oxygens (including phenoxy) is 2. The fraction of sp³-hybridized carbons (Fsp3) is 0.167. The Morgan fingerprint density at radius 1 is 1.12 bits per heavy atom. The minimum absolute atomic E-state index is 0.271. The van der Waals surface area contributed by atoms with Crippen molar-refractivity contribution in [2.45, 2.75) is 6.92 Å². The van der Waals surface area contributed by atoms with Gasteiger partial charge in [0.15, 0.2) is 5.76 Å². The first-order valence-electron chi connectivity index (χ1n) is 7.25. The molecule has 5 nitrogen and oxygen atoms in total. The van der Waals surface area contributed by atoms with Crippen LogP contribution in [-0.4, -0.2) is 20.1 Å². The molecule has 0 fully saturated rings. The van der Waals surface area contributed by atoms with E-state index < -0.39 is 0 Å². The Kier molecular flexibility index (Phi) is 4.49. The van der Waals surface area contributed by atoms with Gasteiger partial charge < -0.3 is 19.2 Å². The minimum atomic E-state index is -0.341. The van der Waals surface area contributed by atoms with Gasteiger partial charge in [-0.25, -0.2) is 0 Å². The molecule has 0 radical (unpaired) electrons. The molecule has 24 heavy (non-hydrogen) atoms. The van der Waals surface area contributed by atoms with Gasteiger partial charge in [-0.2, -0.15) is 0 Å². The molecule has 1 amide bonds. The highest BCUT2D eigenvalue weighted by Crippen LogP contribution is 2.32. The number of benzene rings is 2. The van der Waals surface area contributed by atoms with Crippen LogP contribution in [0.25, 0.3) is 11.0 Å². The molecule has 3 rings (SSSR count). The molecule has 2 aromatic carbocycles. The van der Waals surface area contributed by atoms with Crippen molar-refractivity contribution in [2.75, 3.05) is 19.5 Å². The third kappa shape index (κ3) is 2.97. The normalized spacial score (nSPS) is 10.7. The predicted octanol–water partition coefficient (Wildman–Crippen LogP) is 4.77. The van der Waals surface area contributed by atoms with E-state index in [1.165, 1.54) is 0 Å². The maximum Gasteiger partial charge on any atom is 0.291 e. The molecular weight excluding hydrogens is 374 g/mol. The Hall–Kier alpha value is -2.47. The van der Waals surface area contributed by atoms with Crippen molar-refractivity contribution in [1.82, 2.24) is 0 Å². The van der Waals surface area contributed by atoms with Crippen LogP contribution in [0.15, 0.2) is 45.3 Å². The SMILES string of the molecule is COc1ccc(OC)c(NC(=O)c2oc3ccc(Br)cc3c2C)c1. The summed E-state index contributed by atoms with van der Waals surface area (Å²) in [7, 11) is 3.11. The number of amides is 1. The number of methoxy groups -OCH3 is 2. The zero-order valence-electron chi connectivity index (χ0n) is 13.5. The lowest BCUT2D eigenvalue weighted by Gasteiger charge is -2.11. The summed E-state index contributed by atoms with van der Waals surface area (Å²) in [5.74, 6) is 1.09. The number of rotatable bonds is 4. The standard InChI is InChI=1S/C18H16BrNO4/c1-10-13-8-11(19)4-6-15(13)24-17(10)18(21)20-14-9-12(22-2)5-7-16(14)23-3/h4-9H,1-3H3,(H,20,21). The zero-order chi connectivity index (χ0) is 17.3. The molecule has 0 spiro atoms. The number of hydrogen-bond acceptors (Lipinski definition) is 4. The average Bonchev–Trinajstić information content (AvgIpc) is 2.91. The summed E-state index contributed by atoms with van der Waals surface area (Å²) in [6.07, 6.45) is 0. The summed E-state index contributed by atoms with van der Waals surface area (Å²) in [6, 6.07) is 10.8. The summed E-state index contributed by atoms with van der Waals surface area (Å²) in [5.41, 5.74) is 1.96. The molecule has 0 saturated carbocycles. The van der Waals surface area contributed by atoms with Crippen molar-refractivity contribution in [1.29, 1.82) is 0 Å². The zero-order valence-corrected chi connectivity index (χ0v) is 15.1. The first kappa shape index (κ1) is 16.4. The molecule has 0 saturated heterocycles. The lowest BCUT2D eigenvalue weighted by Crippen LogP contribution is -2.13. The molecule has 0 aliphatic carbocycles. The van der Waals surface area contributed by atoms with Crippen molar-refractivity contribution < 1.29 is 18.7 Å². The molecule has 0 unspecified atom stereocenters. The molecule has 1 heterocycles. The fourth-order valence-corrected chi connectivity index (χ4v) is 2.86. The van der Waals surface area contributed by atoms with E-state index in [4.69, 9.17) is 13.9 Å². The second kappa shape index (κ2) is 6.57. The number of anilines is 1. The van der Waals surface area contributed by atoms with E-state index in [0.29, 0.717) is 22.8 Å². The third-order valence-corrected chi connectivity index (χ3v) is 4.25. The number of furan rings is 1. The molecule has 6 heteroatoms. The second-order valence-corrected chi connectivity index (χ2v) is 6.13. The molecule has 0 bridgehead atoms. The number of carbonyl (C=O) groups is 1. The number of nitrogens with one attached hydrogen (secondary N) is 1. The lowest BCUT2D eigenvalue weighted by atomic mass is 10.1. The number of carbonyl (C=O) groups excluding carboxylic acids is 1. The summed E-state index contributed by atoms with van der Waals surface area (Å²) in [5, 5.41) is 3.71. The smallest absolute Gasteiger partial charge is 0.291 e. The van der Waals surface area contributed by atoms with Gasteiger partial charge in [0.05, 0.1) is 19.9 Å². The highest BCUT2D eigenvalue weighted by atomic mass is 79.9. The van der Waals surface area contributed by atoms with Gasteiger partial charge in [0.1, 0.15) is 17.1 Å². The van der Waals surface area contributed by atoms with E-state index >= 15 is 0 Å². The topological polar surface area (TPSA) is 60.7 Å². The Bertz CT molecular complexity index is 917. The van der Waals surface area contributed by atoms with Crippen molar-refractivity contribution in [3.63, 3.8) is 0 Å². The van der Waals surface area contributed by atoms with Crippen LogP contribution in [-0.2, 0) is 0 Å². The van der Waals surface area contributed by atoms with E-state index in [1.807, 2.05) is 25.1 Å². The van der Waals surface area contributed by atoms with Gasteiger partial charge in [0, 0.05) is 21.5 Å². The highest BCUT2D eigenvalue weighted by molar-refractivity contribution is 9.10. The molecule has 1 N–H and O–H groups in total. The van der Waals surface area contributed by atoms with Crippen LogP contribution in [0.3, 0.4) is 0 Å². The van der Waals surface area contributed by atoms with Gasteiger partial charge in [0.25, 0.3) is 5.91 Å². The van der Waals surface area contributed by atoms with Gasteiger partial charge in [0.2, 0.25) is 0 Å². The van der Waals surface area contributed by atoms with Crippen LogP contribution in [0.1, 0.15) is 16.1 Å². The quantitative estimate of drug-likeness (QED) is 0.697. The fourth-order valence-electron chi connectivity index (χ4n) is 2.50. The van der Waals surface area contributed by atoms with Crippen LogP contribution < -0.4 is 14.8 Å². The van der Waals surface area contributed by atoms with Gasteiger partial charge in [-0.1, -0.05) is 15.9 Å². The van der Waals surface area contributed by atoms with Crippen LogP contribution >= 0.6 is 15.9 Å². The summed E-state index contributed by atoms with van der Waals surface area (Å²) < 4.78 is 17.1. The summed E-state index contributed by atoms with van der Waals surface area (Å²) >= 11 is 3.43. The Morgan fingerprint density at radius 2 is 1.92 bits per heavy atom. The molecule has 0 atom stereocenters. The largest absolute Gasteiger partial charge is 0.497 e. The van der Waals surface area contributed by atoms with Crippen molar-refractivity contribution in [3.05, 3.63) is 52.2 Å². The van der Waals surface area contributed by atoms with Crippen LogP contribution in [0.5, 0.6) is 11.5 Å². The van der Waals surface area contributed by atoms with E-state index in [0.717, 1.165) is 15.4 Å². The van der Waals surface area contributed by atoms with E-state index in [9.17, 15) is 4.79 Å². The van der Waals surface area contributed by atoms with Gasteiger partial charge in [-0.05, 0) is 37.3 Å². The highest BCUT2D eigenvalue weighted by Gasteiger charge is 2.19. The van der Waals surface area contributed by atoms with Gasteiger partial charge >= 0.3 is 0 Å². The third-order valence-electron chi connectivity index (χ3n) is 3.76. The van der Waals surface area contributed by atoms with Gasteiger partial charge in [-0.3, -0.25) is 4.79 Å². The lowest BCUT2D eigenvalue weighted by molar-refractivity contribution is 0.0997. The molecule has 1 aromatic heterocycles. The number of fused-ring (bicyclic) bond motifs is 1. The van der Waals surface area contributed by atoms with E-state index in [1.54, 1.807) is 32.4 Å². The summed E-state index contributed by atoms with van der Waals surface area (Å²) in [4.78, 5) is 12.6. The first-order chi connectivity index (χ1) is 11.5. The predicted molar refractivity (Wildman–Crippen MR) is 96.2 cm³/mol. The number of aryl methyl sites for hydroxylation is 1.